The van der Waals surface area contributed by atoms with Gasteiger partial charge in [-0.05, 0) is 39.8 Å². The van der Waals surface area contributed by atoms with E-state index in [1.54, 1.807) is 0 Å². The Bertz CT molecular complexity index is 576. The molecule has 1 N–H and O–H groups in total. The zero-order chi connectivity index (χ0) is 19.6. The predicted molar refractivity (Wildman–Crippen MR) is 99.9 cm³/mol. The molecule has 0 radical (unpaired) electrons. The van der Waals surface area contributed by atoms with E-state index in [9.17, 15) is 14.4 Å². The number of hydrogen-bond donors (Lipinski definition) is 1. The van der Waals surface area contributed by atoms with Crippen molar-refractivity contribution in [2.75, 3.05) is 47.4 Å². The quantitative estimate of drug-likeness (QED) is 0.674. The molecule has 152 valence electrons. The Kier molecular flexibility index (Phi) is 6.37. The third-order valence-electron chi connectivity index (χ3n) is 6.57. The fraction of sp³-hybridized carbons (Fsp3) is 0.842. The van der Waals surface area contributed by atoms with Crippen molar-refractivity contribution < 1.29 is 19.1 Å². The molecule has 3 aliphatic heterocycles. The molecule has 27 heavy (non-hydrogen) atoms. The molecular formula is C19H32N4O4. The van der Waals surface area contributed by atoms with Gasteiger partial charge in [0.05, 0.1) is 13.0 Å². The fourth-order valence-electron chi connectivity index (χ4n) is 4.75. The number of likely N-dealkylation sites (tertiary alicyclic amines) is 2. The van der Waals surface area contributed by atoms with E-state index in [0.29, 0.717) is 38.9 Å². The number of nitrogens with one attached hydrogen (secondary N) is 1. The summed E-state index contributed by atoms with van der Waals surface area (Å²) >= 11 is 0. The normalized spacial score (nSPS) is 30.6. The summed E-state index contributed by atoms with van der Waals surface area (Å²) in [6.07, 6.45) is 3.54. The summed E-state index contributed by atoms with van der Waals surface area (Å²) in [5.41, 5.74) is 0. The number of ether oxygens (including phenoxy) is 1. The van der Waals surface area contributed by atoms with Gasteiger partial charge in [-0.3, -0.25) is 24.2 Å². The number of likely N-dealkylation sites (N-methyl/N-ethyl adjacent to an activating group) is 2. The lowest BCUT2D eigenvalue weighted by Crippen LogP contribution is -2.48. The van der Waals surface area contributed by atoms with Crippen molar-refractivity contribution in [1.29, 1.82) is 0 Å². The van der Waals surface area contributed by atoms with E-state index >= 15 is 0 Å². The van der Waals surface area contributed by atoms with Gasteiger partial charge in [0.2, 0.25) is 11.8 Å². The van der Waals surface area contributed by atoms with Crippen LogP contribution in [0.4, 0.5) is 0 Å². The number of rotatable bonds is 4. The smallest absolute Gasteiger partial charge is 0.308 e. The minimum atomic E-state index is -0.172. The molecule has 0 aliphatic carbocycles. The van der Waals surface area contributed by atoms with Gasteiger partial charge >= 0.3 is 5.97 Å². The van der Waals surface area contributed by atoms with Gasteiger partial charge in [0.1, 0.15) is 6.04 Å². The molecule has 8 heteroatoms. The first-order chi connectivity index (χ1) is 12.9. The van der Waals surface area contributed by atoms with E-state index < -0.39 is 0 Å². The number of fused-ring (bicyclic) bond motifs is 1. The number of hydrogen-bond acceptors (Lipinski definition) is 6. The maximum absolute atomic E-state index is 12.6. The van der Waals surface area contributed by atoms with Crippen LogP contribution in [0.3, 0.4) is 0 Å². The summed E-state index contributed by atoms with van der Waals surface area (Å²) in [5.74, 6) is -0.0134. The van der Waals surface area contributed by atoms with Gasteiger partial charge < -0.3 is 15.0 Å². The van der Waals surface area contributed by atoms with Crippen molar-refractivity contribution in [2.45, 2.75) is 50.2 Å². The Morgan fingerprint density at radius 2 is 1.85 bits per heavy atom. The maximum Gasteiger partial charge on any atom is 0.308 e. The highest BCUT2D eigenvalue weighted by Gasteiger charge is 2.43. The van der Waals surface area contributed by atoms with Crippen LogP contribution in [0.5, 0.6) is 0 Å². The Labute approximate surface area is 161 Å². The third-order valence-corrected chi connectivity index (χ3v) is 6.57. The van der Waals surface area contributed by atoms with Crippen LogP contribution < -0.4 is 5.32 Å². The zero-order valence-corrected chi connectivity index (χ0v) is 16.6. The summed E-state index contributed by atoms with van der Waals surface area (Å²) in [6.45, 7) is 2.75. The molecule has 0 aromatic heterocycles. The molecule has 0 aromatic carbocycles. The fourth-order valence-corrected chi connectivity index (χ4v) is 4.75. The van der Waals surface area contributed by atoms with E-state index in [0.717, 1.165) is 19.4 Å². The lowest BCUT2D eigenvalue weighted by molar-refractivity contribution is -0.149. The molecule has 3 heterocycles. The Morgan fingerprint density at radius 3 is 2.52 bits per heavy atom. The largest absolute Gasteiger partial charge is 0.469 e. The maximum atomic E-state index is 12.6. The third kappa shape index (κ3) is 4.27. The standard InChI is InChI=1S/C19H32N4O4/c1-21-9-8-15-17(21)18(25)20-12-14(22(15)2)4-5-16(24)23-10-6-13(7-11-23)19(26)27-3/h13-15,17H,4-12H2,1-3H3,(H,20,25)/t14-,15+,17-/m0/s1. The van der Waals surface area contributed by atoms with Crippen LogP contribution in [0.1, 0.15) is 32.1 Å². The molecule has 0 unspecified atom stereocenters. The number of methoxy groups -OCH3 is 1. The van der Waals surface area contributed by atoms with Crippen LogP contribution in [-0.2, 0) is 19.1 Å². The molecular weight excluding hydrogens is 348 g/mol. The van der Waals surface area contributed by atoms with Crippen molar-refractivity contribution in [3.63, 3.8) is 0 Å². The average Bonchev–Trinajstić information content (AvgIpc) is 3.02. The number of amides is 2. The van der Waals surface area contributed by atoms with Crippen LogP contribution in [0.25, 0.3) is 0 Å². The average molecular weight is 380 g/mol. The molecule has 2 amide bonds. The van der Waals surface area contributed by atoms with E-state index in [1.165, 1.54) is 7.11 Å². The van der Waals surface area contributed by atoms with Gasteiger partial charge in [0, 0.05) is 44.7 Å². The minimum absolute atomic E-state index is 0.0847. The van der Waals surface area contributed by atoms with Gasteiger partial charge in [-0.25, -0.2) is 0 Å². The van der Waals surface area contributed by atoms with Gasteiger partial charge in [-0.15, -0.1) is 0 Å². The lowest BCUT2D eigenvalue weighted by atomic mass is 9.96. The summed E-state index contributed by atoms with van der Waals surface area (Å²) in [7, 11) is 5.49. The van der Waals surface area contributed by atoms with Crippen molar-refractivity contribution in [1.82, 2.24) is 20.0 Å². The van der Waals surface area contributed by atoms with Crippen LogP contribution in [0.15, 0.2) is 0 Å². The first-order valence-electron chi connectivity index (χ1n) is 9.98. The Hall–Kier alpha value is -1.67. The lowest BCUT2D eigenvalue weighted by Gasteiger charge is -2.34. The highest BCUT2D eigenvalue weighted by Crippen LogP contribution is 2.26. The van der Waals surface area contributed by atoms with Crippen LogP contribution in [0.2, 0.25) is 0 Å². The van der Waals surface area contributed by atoms with E-state index in [-0.39, 0.29) is 41.8 Å². The number of esters is 1. The first kappa shape index (κ1) is 20.1. The van der Waals surface area contributed by atoms with E-state index in [4.69, 9.17) is 4.74 Å². The highest BCUT2D eigenvalue weighted by molar-refractivity contribution is 5.83. The second kappa shape index (κ2) is 8.56. The van der Waals surface area contributed by atoms with Crippen molar-refractivity contribution in [3.05, 3.63) is 0 Å². The highest BCUT2D eigenvalue weighted by atomic mass is 16.5. The monoisotopic (exact) mass is 380 g/mol. The summed E-state index contributed by atoms with van der Waals surface area (Å²) in [6, 6.07) is 0.300. The Morgan fingerprint density at radius 1 is 1.15 bits per heavy atom. The van der Waals surface area contributed by atoms with Crippen molar-refractivity contribution >= 4 is 17.8 Å². The van der Waals surface area contributed by atoms with Crippen molar-refractivity contribution in [2.24, 2.45) is 5.92 Å². The molecule has 3 fully saturated rings. The number of piperidine rings is 1. The topological polar surface area (TPSA) is 82.2 Å². The number of carbonyl (C=O) groups is 3. The molecule has 3 aliphatic rings. The summed E-state index contributed by atoms with van der Waals surface area (Å²) < 4.78 is 4.80. The number of carbonyl (C=O) groups excluding carboxylic acids is 3. The van der Waals surface area contributed by atoms with Crippen LogP contribution in [0, 0.1) is 5.92 Å². The summed E-state index contributed by atoms with van der Waals surface area (Å²) in [5, 5.41) is 3.06. The second-order valence-electron chi connectivity index (χ2n) is 8.06. The zero-order valence-electron chi connectivity index (χ0n) is 16.6. The van der Waals surface area contributed by atoms with Crippen molar-refractivity contribution in [3.8, 4) is 0 Å². The minimum Gasteiger partial charge on any atom is -0.469 e. The van der Waals surface area contributed by atoms with E-state index in [2.05, 4.69) is 22.2 Å². The van der Waals surface area contributed by atoms with Crippen LogP contribution in [-0.4, -0.2) is 98.0 Å². The molecule has 0 aromatic rings. The SMILES string of the molecule is COC(=O)C1CCN(C(=O)CC[C@H]2CNC(=O)[C@@H]3[C@@H](CCN3C)N2C)CC1. The second-order valence-corrected chi connectivity index (χ2v) is 8.06. The molecule has 3 atom stereocenters. The van der Waals surface area contributed by atoms with E-state index in [1.807, 2.05) is 11.9 Å². The first-order valence-corrected chi connectivity index (χ1v) is 9.98. The molecule has 0 saturated carbocycles. The van der Waals surface area contributed by atoms with Crippen LogP contribution >= 0.6 is 0 Å². The van der Waals surface area contributed by atoms with Gasteiger partial charge in [0.15, 0.2) is 0 Å². The molecule has 8 nitrogen and oxygen atoms in total. The van der Waals surface area contributed by atoms with Gasteiger partial charge in [0.25, 0.3) is 0 Å². The molecule has 3 rings (SSSR count). The van der Waals surface area contributed by atoms with Gasteiger partial charge in [-0.2, -0.15) is 0 Å². The Balaban J connectivity index is 1.50. The predicted octanol–water partition coefficient (Wildman–Crippen LogP) is -0.319. The molecule has 0 bridgehead atoms. The summed E-state index contributed by atoms with van der Waals surface area (Å²) in [4.78, 5) is 42.9. The van der Waals surface area contributed by atoms with Gasteiger partial charge in [-0.1, -0.05) is 0 Å². The molecule has 3 saturated heterocycles. The molecule has 0 spiro atoms. The number of nitrogens with zero attached hydrogens (tertiary/aromatic N) is 3.